The van der Waals surface area contributed by atoms with Gasteiger partial charge in [-0.15, -0.1) is 0 Å². The predicted molar refractivity (Wildman–Crippen MR) is 124 cm³/mol. The van der Waals surface area contributed by atoms with Gasteiger partial charge in [0.2, 0.25) is 17.7 Å². The number of amides is 4. The Morgan fingerprint density at radius 3 is 2.44 bits per heavy atom. The molecule has 3 rings (SSSR count). The summed E-state index contributed by atoms with van der Waals surface area (Å²) in [7, 11) is 0. The van der Waals surface area contributed by atoms with E-state index in [2.05, 4.69) is 16.0 Å². The smallest absolute Gasteiger partial charge is 0.253 e. The molecule has 0 radical (unpaired) electrons. The first kappa shape index (κ1) is 23.0. The van der Waals surface area contributed by atoms with Crippen molar-refractivity contribution in [2.45, 2.75) is 33.1 Å². The summed E-state index contributed by atoms with van der Waals surface area (Å²) in [5.41, 5.74) is 2.12. The van der Waals surface area contributed by atoms with Gasteiger partial charge in [-0.05, 0) is 42.8 Å². The number of carbonyl (C=O) groups excluding carboxylic acids is 4. The molecule has 3 N–H and O–H groups in total. The molecular formula is C24H28N4O4. The summed E-state index contributed by atoms with van der Waals surface area (Å²) in [4.78, 5) is 50.6. The van der Waals surface area contributed by atoms with E-state index in [-0.39, 0.29) is 36.6 Å². The number of nitrogens with zero attached hydrogens (tertiary/aromatic N) is 1. The third-order valence-corrected chi connectivity index (χ3v) is 5.24. The van der Waals surface area contributed by atoms with Crippen molar-refractivity contribution in [2.24, 2.45) is 5.92 Å². The number of unbranched alkanes of at least 4 members (excludes halogenated alkanes) is 1. The van der Waals surface area contributed by atoms with Gasteiger partial charge in [-0.3, -0.25) is 19.2 Å². The highest BCUT2D eigenvalue weighted by Crippen LogP contribution is 2.27. The maximum absolute atomic E-state index is 12.9. The number of carbonyl (C=O) groups is 4. The van der Waals surface area contributed by atoms with Crippen LogP contribution >= 0.6 is 0 Å². The lowest BCUT2D eigenvalue weighted by Gasteiger charge is -2.18. The molecule has 2 aromatic carbocycles. The number of nitrogens with one attached hydrogen (secondary N) is 3. The maximum Gasteiger partial charge on any atom is 0.253 e. The zero-order chi connectivity index (χ0) is 23.1. The van der Waals surface area contributed by atoms with Gasteiger partial charge in [-0.1, -0.05) is 25.5 Å². The minimum atomic E-state index is -0.534. The summed E-state index contributed by atoms with van der Waals surface area (Å²) in [6.07, 6.45) is 1.94. The Kier molecular flexibility index (Phi) is 7.59. The fraction of sp³-hybridized carbons (Fsp3) is 0.333. The first-order chi connectivity index (χ1) is 15.4. The minimum Gasteiger partial charge on any atom is -0.352 e. The standard InChI is InChI=1S/C24H28N4O4/c1-3-4-13-25-24(32)20-7-5-6-8-21(20)27-23(31)17-14-22(30)28(15-17)19-11-9-18(10-12-19)26-16(2)29/h5-12,17H,3-4,13-15H2,1-2H3,(H,25,32)(H,26,29)(H,27,31). The summed E-state index contributed by atoms with van der Waals surface area (Å²) in [5, 5.41) is 8.36. The zero-order valence-corrected chi connectivity index (χ0v) is 18.3. The second-order valence-corrected chi connectivity index (χ2v) is 7.78. The average Bonchev–Trinajstić information content (AvgIpc) is 3.16. The van der Waals surface area contributed by atoms with Crippen LogP contribution in [0.15, 0.2) is 48.5 Å². The van der Waals surface area contributed by atoms with Crippen LogP contribution in [0.1, 0.15) is 43.5 Å². The first-order valence-corrected chi connectivity index (χ1v) is 10.7. The molecule has 1 saturated heterocycles. The third kappa shape index (κ3) is 5.72. The van der Waals surface area contributed by atoms with Gasteiger partial charge in [0.05, 0.1) is 17.2 Å². The van der Waals surface area contributed by atoms with Crippen LogP contribution < -0.4 is 20.9 Å². The Bertz CT molecular complexity index is 1000. The number of anilines is 3. The Balaban J connectivity index is 1.65. The third-order valence-electron chi connectivity index (χ3n) is 5.24. The van der Waals surface area contributed by atoms with E-state index in [1.807, 2.05) is 6.92 Å². The van der Waals surface area contributed by atoms with E-state index in [9.17, 15) is 19.2 Å². The molecule has 0 saturated carbocycles. The van der Waals surface area contributed by atoms with E-state index in [1.165, 1.54) is 6.92 Å². The molecular weight excluding hydrogens is 408 g/mol. The Hall–Kier alpha value is -3.68. The van der Waals surface area contributed by atoms with E-state index < -0.39 is 5.92 Å². The quantitative estimate of drug-likeness (QED) is 0.553. The largest absolute Gasteiger partial charge is 0.352 e. The van der Waals surface area contributed by atoms with E-state index in [4.69, 9.17) is 0 Å². The molecule has 1 aliphatic heterocycles. The summed E-state index contributed by atoms with van der Waals surface area (Å²) >= 11 is 0. The highest BCUT2D eigenvalue weighted by Gasteiger charge is 2.35. The van der Waals surface area contributed by atoms with Crippen molar-refractivity contribution in [3.63, 3.8) is 0 Å². The lowest BCUT2D eigenvalue weighted by atomic mass is 10.1. The molecule has 8 heteroatoms. The van der Waals surface area contributed by atoms with Crippen LogP contribution in [0.2, 0.25) is 0 Å². The van der Waals surface area contributed by atoms with Crippen molar-refractivity contribution in [2.75, 3.05) is 28.6 Å². The molecule has 8 nitrogen and oxygen atoms in total. The van der Waals surface area contributed by atoms with Crippen molar-refractivity contribution < 1.29 is 19.2 Å². The van der Waals surface area contributed by atoms with Gasteiger partial charge in [-0.2, -0.15) is 0 Å². The highest BCUT2D eigenvalue weighted by atomic mass is 16.2. The van der Waals surface area contributed by atoms with Gasteiger partial charge in [0.15, 0.2) is 0 Å². The van der Waals surface area contributed by atoms with Gasteiger partial charge in [0.1, 0.15) is 0 Å². The fourth-order valence-corrected chi connectivity index (χ4v) is 3.56. The predicted octanol–water partition coefficient (Wildman–Crippen LogP) is 3.17. The zero-order valence-electron chi connectivity index (χ0n) is 18.3. The molecule has 0 aliphatic carbocycles. The molecule has 1 unspecified atom stereocenters. The number of para-hydroxylation sites is 1. The molecule has 1 heterocycles. The SMILES string of the molecule is CCCCNC(=O)c1ccccc1NC(=O)C1CC(=O)N(c2ccc(NC(C)=O)cc2)C1. The molecule has 1 fully saturated rings. The van der Waals surface area contributed by atoms with E-state index >= 15 is 0 Å². The van der Waals surface area contributed by atoms with Crippen LogP contribution in [0.4, 0.5) is 17.1 Å². The molecule has 4 amide bonds. The molecule has 168 valence electrons. The van der Waals surface area contributed by atoms with Crippen LogP contribution in [0.3, 0.4) is 0 Å². The average molecular weight is 437 g/mol. The Morgan fingerprint density at radius 1 is 1.03 bits per heavy atom. The number of hydrogen-bond donors (Lipinski definition) is 3. The number of rotatable bonds is 8. The highest BCUT2D eigenvalue weighted by molar-refractivity contribution is 6.07. The molecule has 1 atom stereocenters. The lowest BCUT2D eigenvalue weighted by molar-refractivity contribution is -0.122. The molecule has 32 heavy (non-hydrogen) atoms. The molecule has 0 aromatic heterocycles. The topological polar surface area (TPSA) is 108 Å². The minimum absolute atomic E-state index is 0.0874. The number of benzene rings is 2. The van der Waals surface area contributed by atoms with E-state index in [1.54, 1.807) is 53.4 Å². The van der Waals surface area contributed by atoms with Crippen LogP contribution in [0, 0.1) is 5.92 Å². The van der Waals surface area contributed by atoms with Gasteiger partial charge in [0, 0.05) is 37.8 Å². The summed E-state index contributed by atoms with van der Waals surface area (Å²) in [6.45, 7) is 4.29. The molecule has 0 spiro atoms. The number of hydrogen-bond acceptors (Lipinski definition) is 4. The van der Waals surface area contributed by atoms with Crippen molar-refractivity contribution in [1.82, 2.24) is 5.32 Å². The van der Waals surface area contributed by atoms with Crippen molar-refractivity contribution in [3.8, 4) is 0 Å². The van der Waals surface area contributed by atoms with E-state index in [0.717, 1.165) is 12.8 Å². The molecule has 1 aliphatic rings. The first-order valence-electron chi connectivity index (χ1n) is 10.7. The van der Waals surface area contributed by atoms with Crippen LogP contribution in [-0.2, 0) is 14.4 Å². The maximum atomic E-state index is 12.9. The van der Waals surface area contributed by atoms with Crippen molar-refractivity contribution in [1.29, 1.82) is 0 Å². The Labute approximate surface area is 187 Å². The molecule has 2 aromatic rings. The lowest BCUT2D eigenvalue weighted by Crippen LogP contribution is -2.29. The van der Waals surface area contributed by atoms with Crippen molar-refractivity contribution in [3.05, 3.63) is 54.1 Å². The monoisotopic (exact) mass is 436 g/mol. The second kappa shape index (κ2) is 10.6. The van der Waals surface area contributed by atoms with Crippen LogP contribution in [0.5, 0.6) is 0 Å². The van der Waals surface area contributed by atoms with Gasteiger partial charge in [0.25, 0.3) is 5.91 Å². The summed E-state index contributed by atoms with van der Waals surface area (Å²) in [6, 6.07) is 13.7. The fourth-order valence-electron chi connectivity index (χ4n) is 3.56. The summed E-state index contributed by atoms with van der Waals surface area (Å²) in [5.74, 6) is -1.40. The normalized spacial score (nSPS) is 15.4. The van der Waals surface area contributed by atoms with Crippen molar-refractivity contribution >= 4 is 40.7 Å². The van der Waals surface area contributed by atoms with E-state index in [0.29, 0.717) is 29.2 Å². The summed E-state index contributed by atoms with van der Waals surface area (Å²) < 4.78 is 0. The van der Waals surface area contributed by atoms with Crippen LogP contribution in [-0.4, -0.2) is 36.7 Å². The Morgan fingerprint density at radius 2 is 1.75 bits per heavy atom. The van der Waals surface area contributed by atoms with Gasteiger partial charge in [-0.25, -0.2) is 0 Å². The van der Waals surface area contributed by atoms with Gasteiger partial charge < -0.3 is 20.9 Å². The molecule has 0 bridgehead atoms. The van der Waals surface area contributed by atoms with Crippen LogP contribution in [0.25, 0.3) is 0 Å². The van der Waals surface area contributed by atoms with Gasteiger partial charge >= 0.3 is 0 Å². The second-order valence-electron chi connectivity index (χ2n) is 7.78.